The van der Waals surface area contributed by atoms with E-state index in [2.05, 4.69) is 35.8 Å². The minimum absolute atomic E-state index is 0.00183. The molecular weight excluding hydrogens is 468 g/mol. The Balaban J connectivity index is 1.61. The second-order valence-electron chi connectivity index (χ2n) is 6.67. The number of hydrazone groups is 1. The molecule has 1 amide bonds. The molecule has 13 heteroatoms. The lowest BCUT2D eigenvalue weighted by Gasteiger charge is -2.07. The van der Waals surface area contributed by atoms with Gasteiger partial charge in [-0.3, -0.25) is 4.79 Å². The molecule has 0 fully saturated rings. The minimum atomic E-state index is -0.599. The summed E-state index contributed by atoms with van der Waals surface area (Å²) in [6.07, 6.45) is 0. The Morgan fingerprint density at radius 3 is 2.70 bits per heavy atom. The third-order valence-corrected chi connectivity index (χ3v) is 5.76. The third kappa shape index (κ3) is 4.96. The lowest BCUT2D eigenvalue weighted by molar-refractivity contribution is 0.0949. The molecule has 0 aliphatic heterocycles. The third-order valence-electron chi connectivity index (χ3n) is 4.48. The van der Waals surface area contributed by atoms with E-state index in [0.717, 1.165) is 4.90 Å². The van der Waals surface area contributed by atoms with Gasteiger partial charge in [0.15, 0.2) is 5.69 Å². The Morgan fingerprint density at radius 2 is 2.00 bits per heavy atom. The summed E-state index contributed by atoms with van der Waals surface area (Å²) in [5.74, 6) is -0.141. The fraction of sp³-hybridized carbons (Fsp3) is 0.100. The maximum absolute atomic E-state index is 12.9. The number of para-hydroxylation sites is 1. The second kappa shape index (κ2) is 9.71. The van der Waals surface area contributed by atoms with Crippen LogP contribution in [0, 0.1) is 0 Å². The number of nitrogen functional groups attached to an aromatic ring is 1. The molecule has 0 aliphatic rings. The van der Waals surface area contributed by atoms with Gasteiger partial charge in [0.05, 0.1) is 11.4 Å². The van der Waals surface area contributed by atoms with Crippen LogP contribution in [0.1, 0.15) is 28.7 Å². The van der Waals surface area contributed by atoms with Crippen molar-refractivity contribution in [3.8, 4) is 11.6 Å². The molecule has 168 valence electrons. The fourth-order valence-electron chi connectivity index (χ4n) is 2.83. The number of amides is 1. The van der Waals surface area contributed by atoms with Gasteiger partial charge in [-0.05, 0) is 53.6 Å². The number of rotatable bonds is 7. The maximum Gasteiger partial charge on any atom is 0.293 e. The van der Waals surface area contributed by atoms with Gasteiger partial charge in [-0.1, -0.05) is 28.9 Å². The molecular formula is C20H17ClN8O3S. The molecule has 2 aromatic heterocycles. The normalized spacial score (nSPS) is 11.5. The number of carbonyl (C=O) groups is 1. The van der Waals surface area contributed by atoms with Crippen molar-refractivity contribution in [2.45, 2.75) is 17.6 Å². The standard InChI is InChI=1S/C20H17ClN8O3S/c1-11(14-4-2-3-5-16(14)30)23-25-20(31)17-15(10-33-13-8-6-12(21)7-9-13)29(28-24-17)19-18(22)26-32-27-19/h2-9,30H,10H2,1H3,(H2,22,26)(H,25,31)/b23-11-. The minimum Gasteiger partial charge on any atom is -0.507 e. The van der Waals surface area contributed by atoms with Gasteiger partial charge in [-0.25, -0.2) is 10.1 Å². The number of carbonyl (C=O) groups excluding carboxylic acids is 1. The number of nitrogens with one attached hydrogen (secondary N) is 1. The van der Waals surface area contributed by atoms with Gasteiger partial charge in [0.1, 0.15) is 5.75 Å². The van der Waals surface area contributed by atoms with E-state index in [0.29, 0.717) is 27.7 Å². The fourth-order valence-corrected chi connectivity index (χ4v) is 3.84. The number of phenolic OH excluding ortho intramolecular Hbond substituents is 1. The highest BCUT2D eigenvalue weighted by atomic mass is 35.5. The van der Waals surface area contributed by atoms with Crippen LogP contribution in [-0.4, -0.2) is 42.0 Å². The van der Waals surface area contributed by atoms with Crippen LogP contribution < -0.4 is 11.2 Å². The van der Waals surface area contributed by atoms with Gasteiger partial charge in [0, 0.05) is 21.2 Å². The zero-order valence-corrected chi connectivity index (χ0v) is 18.7. The Kier molecular flexibility index (Phi) is 6.56. The predicted octanol–water partition coefficient (Wildman–Crippen LogP) is 3.04. The Bertz CT molecular complexity index is 1320. The van der Waals surface area contributed by atoms with E-state index in [1.807, 2.05) is 12.1 Å². The SMILES string of the molecule is C/C(=N/NC(=O)c1nnn(-c2nonc2N)c1CSc1ccc(Cl)cc1)c1ccccc1O. The molecule has 0 saturated heterocycles. The molecule has 0 aliphatic carbocycles. The molecule has 11 nitrogen and oxygen atoms in total. The van der Waals surface area contributed by atoms with Gasteiger partial charge in [0.2, 0.25) is 11.6 Å². The number of hydrogen-bond acceptors (Lipinski definition) is 10. The van der Waals surface area contributed by atoms with Crippen molar-refractivity contribution in [1.29, 1.82) is 0 Å². The van der Waals surface area contributed by atoms with Crippen molar-refractivity contribution in [2.24, 2.45) is 5.10 Å². The van der Waals surface area contributed by atoms with Crippen molar-refractivity contribution in [1.82, 2.24) is 30.7 Å². The molecule has 2 aromatic carbocycles. The molecule has 0 saturated carbocycles. The van der Waals surface area contributed by atoms with Crippen LogP contribution in [0.25, 0.3) is 5.82 Å². The van der Waals surface area contributed by atoms with Gasteiger partial charge in [-0.2, -0.15) is 9.78 Å². The number of anilines is 1. The van der Waals surface area contributed by atoms with Crippen molar-refractivity contribution >= 4 is 40.8 Å². The van der Waals surface area contributed by atoms with Crippen molar-refractivity contribution in [3.63, 3.8) is 0 Å². The second-order valence-corrected chi connectivity index (χ2v) is 8.15. The number of nitrogens with zero attached hydrogens (tertiary/aromatic N) is 6. The van der Waals surface area contributed by atoms with Gasteiger partial charge < -0.3 is 10.8 Å². The Hall–Kier alpha value is -3.90. The van der Waals surface area contributed by atoms with Crippen molar-refractivity contribution in [3.05, 3.63) is 70.5 Å². The molecule has 4 rings (SSSR count). The summed E-state index contributed by atoms with van der Waals surface area (Å²) in [5.41, 5.74) is 9.58. The molecule has 0 bridgehead atoms. The number of nitrogens with two attached hydrogens (primary N) is 1. The molecule has 0 spiro atoms. The van der Waals surface area contributed by atoms with Crippen LogP contribution >= 0.6 is 23.4 Å². The van der Waals surface area contributed by atoms with E-state index in [4.69, 9.17) is 17.3 Å². The largest absolute Gasteiger partial charge is 0.507 e. The highest BCUT2D eigenvalue weighted by Crippen LogP contribution is 2.27. The first-order valence-electron chi connectivity index (χ1n) is 9.48. The molecule has 2 heterocycles. The number of thioether (sulfide) groups is 1. The summed E-state index contributed by atoms with van der Waals surface area (Å²) in [5, 5.41) is 30.0. The molecule has 0 atom stereocenters. The van der Waals surface area contributed by atoms with E-state index < -0.39 is 5.91 Å². The van der Waals surface area contributed by atoms with E-state index in [9.17, 15) is 9.90 Å². The molecule has 0 radical (unpaired) electrons. The number of benzene rings is 2. The highest BCUT2D eigenvalue weighted by Gasteiger charge is 2.24. The summed E-state index contributed by atoms with van der Waals surface area (Å²) in [4.78, 5) is 13.8. The molecule has 4 N–H and O–H groups in total. The van der Waals surface area contributed by atoms with Gasteiger partial charge in [-0.15, -0.1) is 16.9 Å². The van der Waals surface area contributed by atoms with E-state index in [1.54, 1.807) is 37.3 Å². The van der Waals surface area contributed by atoms with E-state index >= 15 is 0 Å². The van der Waals surface area contributed by atoms with Gasteiger partial charge in [0.25, 0.3) is 5.91 Å². The van der Waals surface area contributed by atoms with Crippen LogP contribution in [0.15, 0.2) is 63.2 Å². The quantitative estimate of drug-likeness (QED) is 0.203. The van der Waals surface area contributed by atoms with Crippen molar-refractivity contribution < 1.29 is 14.5 Å². The first-order chi connectivity index (χ1) is 15.9. The lowest BCUT2D eigenvalue weighted by atomic mass is 10.1. The topological polar surface area (TPSA) is 157 Å². The first-order valence-corrected chi connectivity index (χ1v) is 10.8. The Labute approximate surface area is 196 Å². The van der Waals surface area contributed by atoms with E-state index in [1.165, 1.54) is 22.5 Å². The summed E-state index contributed by atoms with van der Waals surface area (Å²) in [6, 6.07) is 13.9. The summed E-state index contributed by atoms with van der Waals surface area (Å²) < 4.78 is 5.95. The smallest absolute Gasteiger partial charge is 0.293 e. The van der Waals surface area contributed by atoms with E-state index in [-0.39, 0.29) is 23.1 Å². The van der Waals surface area contributed by atoms with Crippen LogP contribution in [0.2, 0.25) is 5.02 Å². The number of phenols is 1. The van der Waals surface area contributed by atoms with Gasteiger partial charge >= 0.3 is 0 Å². The van der Waals surface area contributed by atoms with Crippen LogP contribution in [0.5, 0.6) is 5.75 Å². The molecule has 33 heavy (non-hydrogen) atoms. The first kappa shape index (κ1) is 22.3. The highest BCUT2D eigenvalue weighted by molar-refractivity contribution is 7.98. The zero-order valence-electron chi connectivity index (χ0n) is 17.1. The van der Waals surface area contributed by atoms with Crippen LogP contribution in [0.4, 0.5) is 5.82 Å². The molecule has 4 aromatic rings. The average molecular weight is 485 g/mol. The monoisotopic (exact) mass is 484 g/mol. The zero-order chi connectivity index (χ0) is 23.4. The molecule has 0 unspecified atom stereocenters. The summed E-state index contributed by atoms with van der Waals surface area (Å²) >= 11 is 7.38. The number of aromatic hydroxyl groups is 1. The Morgan fingerprint density at radius 1 is 1.24 bits per heavy atom. The predicted molar refractivity (Wildman–Crippen MR) is 122 cm³/mol. The average Bonchev–Trinajstić information content (AvgIpc) is 3.42. The number of halogens is 1. The lowest BCUT2D eigenvalue weighted by Crippen LogP contribution is -2.21. The summed E-state index contributed by atoms with van der Waals surface area (Å²) in [7, 11) is 0. The maximum atomic E-state index is 12.9. The van der Waals surface area contributed by atoms with Crippen LogP contribution in [-0.2, 0) is 5.75 Å². The summed E-state index contributed by atoms with van der Waals surface area (Å²) in [6.45, 7) is 1.66. The van der Waals surface area contributed by atoms with Crippen LogP contribution in [0.3, 0.4) is 0 Å². The number of aromatic nitrogens is 5. The van der Waals surface area contributed by atoms with Crippen molar-refractivity contribution in [2.75, 3.05) is 5.73 Å². The number of hydrogen-bond donors (Lipinski definition) is 3.